The van der Waals surface area contributed by atoms with E-state index in [0.717, 1.165) is 0 Å². The minimum absolute atomic E-state index is 0.0716. The lowest BCUT2D eigenvalue weighted by molar-refractivity contribution is -0.120. The van der Waals surface area contributed by atoms with E-state index in [1.54, 1.807) is 0 Å². The predicted molar refractivity (Wildman–Crippen MR) is 57.0 cm³/mol. The standard InChI is InChI=1S/C12H13F2NO/c13-10-5-8(6-11(14)12(10)15)7-1-3-9(16)4-2-7/h5-7H,1-4,15H2. The normalized spacial score (nSPS) is 17.8. The van der Waals surface area contributed by atoms with Crippen LogP contribution in [0.4, 0.5) is 14.5 Å². The molecule has 0 radical (unpaired) electrons. The van der Waals surface area contributed by atoms with Crippen LogP contribution in [0.5, 0.6) is 0 Å². The number of nitrogens with two attached hydrogens (primary N) is 1. The van der Waals surface area contributed by atoms with E-state index in [4.69, 9.17) is 5.73 Å². The van der Waals surface area contributed by atoms with Gasteiger partial charge in [0, 0.05) is 12.8 Å². The van der Waals surface area contributed by atoms with E-state index >= 15 is 0 Å². The molecule has 0 aromatic heterocycles. The van der Waals surface area contributed by atoms with Crippen molar-refractivity contribution in [1.82, 2.24) is 0 Å². The largest absolute Gasteiger partial charge is 0.394 e. The number of Topliss-reactive ketones (excluding diaryl/α,β-unsaturated/α-hetero) is 1. The molecule has 16 heavy (non-hydrogen) atoms. The maximum atomic E-state index is 13.2. The molecule has 0 amide bonds. The Labute approximate surface area is 92.4 Å². The molecule has 0 spiro atoms. The topological polar surface area (TPSA) is 43.1 Å². The van der Waals surface area contributed by atoms with Crippen LogP contribution in [0.2, 0.25) is 0 Å². The summed E-state index contributed by atoms with van der Waals surface area (Å²) in [6.07, 6.45) is 2.33. The fourth-order valence-electron chi connectivity index (χ4n) is 2.11. The van der Waals surface area contributed by atoms with Gasteiger partial charge in [0.05, 0.1) is 0 Å². The summed E-state index contributed by atoms with van der Waals surface area (Å²) in [4.78, 5) is 11.1. The Morgan fingerprint density at radius 3 is 2.12 bits per heavy atom. The monoisotopic (exact) mass is 225 g/mol. The third-order valence-electron chi connectivity index (χ3n) is 3.12. The van der Waals surface area contributed by atoms with Gasteiger partial charge in [-0.1, -0.05) is 0 Å². The van der Waals surface area contributed by atoms with Crippen LogP contribution in [0.3, 0.4) is 0 Å². The summed E-state index contributed by atoms with van der Waals surface area (Å²) in [5.41, 5.74) is 5.37. The number of ketones is 1. The van der Waals surface area contributed by atoms with Crippen molar-refractivity contribution >= 4 is 11.5 Å². The summed E-state index contributed by atoms with van der Waals surface area (Å²) < 4.78 is 26.5. The number of carbonyl (C=O) groups is 1. The van der Waals surface area contributed by atoms with Crippen LogP contribution in [-0.4, -0.2) is 5.78 Å². The molecule has 1 aliphatic carbocycles. The molecule has 0 atom stereocenters. The van der Waals surface area contributed by atoms with E-state index in [0.29, 0.717) is 31.2 Å². The first-order valence-electron chi connectivity index (χ1n) is 5.34. The minimum atomic E-state index is -0.716. The first-order chi connectivity index (χ1) is 7.58. The lowest BCUT2D eigenvalue weighted by Crippen LogP contribution is -2.13. The molecule has 0 heterocycles. The minimum Gasteiger partial charge on any atom is -0.394 e. The Hall–Kier alpha value is -1.45. The molecule has 1 aliphatic rings. The number of rotatable bonds is 1. The number of halogens is 2. The highest BCUT2D eigenvalue weighted by atomic mass is 19.1. The van der Waals surface area contributed by atoms with E-state index in [9.17, 15) is 13.6 Å². The molecule has 0 aliphatic heterocycles. The van der Waals surface area contributed by atoms with E-state index in [1.165, 1.54) is 12.1 Å². The highest BCUT2D eigenvalue weighted by Gasteiger charge is 2.22. The predicted octanol–water partition coefficient (Wildman–Crippen LogP) is 2.77. The van der Waals surface area contributed by atoms with Crippen molar-refractivity contribution in [2.75, 3.05) is 5.73 Å². The molecule has 2 N–H and O–H groups in total. The van der Waals surface area contributed by atoms with E-state index < -0.39 is 17.3 Å². The fourth-order valence-corrected chi connectivity index (χ4v) is 2.11. The second kappa shape index (κ2) is 4.20. The Kier molecular flexibility index (Phi) is 2.90. The molecule has 1 fully saturated rings. The second-order valence-electron chi connectivity index (χ2n) is 4.21. The van der Waals surface area contributed by atoms with Crippen LogP contribution in [0.1, 0.15) is 37.2 Å². The Bertz CT molecular complexity index is 398. The van der Waals surface area contributed by atoms with E-state index in [1.807, 2.05) is 0 Å². The molecule has 2 nitrogen and oxygen atoms in total. The molecule has 1 aromatic rings. The van der Waals surface area contributed by atoms with Gasteiger partial charge in [-0.3, -0.25) is 4.79 Å². The molecule has 86 valence electrons. The van der Waals surface area contributed by atoms with Crippen LogP contribution in [0.25, 0.3) is 0 Å². The third-order valence-corrected chi connectivity index (χ3v) is 3.12. The summed E-state index contributed by atoms with van der Waals surface area (Å²) in [5, 5.41) is 0. The van der Waals surface area contributed by atoms with Crippen LogP contribution in [0.15, 0.2) is 12.1 Å². The maximum Gasteiger partial charge on any atom is 0.149 e. The number of hydrogen-bond donors (Lipinski definition) is 1. The van der Waals surface area contributed by atoms with Crippen molar-refractivity contribution < 1.29 is 13.6 Å². The molecule has 0 saturated heterocycles. The quantitative estimate of drug-likeness (QED) is 0.747. The van der Waals surface area contributed by atoms with Crippen molar-refractivity contribution in [2.45, 2.75) is 31.6 Å². The van der Waals surface area contributed by atoms with Gasteiger partial charge in [0.25, 0.3) is 0 Å². The second-order valence-corrected chi connectivity index (χ2v) is 4.21. The van der Waals surface area contributed by atoms with Crippen LogP contribution >= 0.6 is 0 Å². The Balaban J connectivity index is 2.24. The Morgan fingerprint density at radius 2 is 1.62 bits per heavy atom. The average molecular weight is 225 g/mol. The third kappa shape index (κ3) is 2.05. The van der Waals surface area contributed by atoms with Gasteiger partial charge < -0.3 is 5.73 Å². The van der Waals surface area contributed by atoms with Crippen molar-refractivity contribution in [3.8, 4) is 0 Å². The highest BCUT2D eigenvalue weighted by molar-refractivity contribution is 5.79. The van der Waals surface area contributed by atoms with Crippen molar-refractivity contribution in [3.05, 3.63) is 29.3 Å². The van der Waals surface area contributed by atoms with Crippen molar-refractivity contribution in [2.24, 2.45) is 0 Å². The van der Waals surface area contributed by atoms with Gasteiger partial charge in [-0.2, -0.15) is 0 Å². The van der Waals surface area contributed by atoms with Gasteiger partial charge in [-0.05, 0) is 36.5 Å². The lowest BCUT2D eigenvalue weighted by Gasteiger charge is -2.21. The maximum absolute atomic E-state index is 13.2. The smallest absolute Gasteiger partial charge is 0.149 e. The lowest BCUT2D eigenvalue weighted by atomic mass is 9.83. The van der Waals surface area contributed by atoms with Crippen LogP contribution < -0.4 is 5.73 Å². The zero-order chi connectivity index (χ0) is 11.7. The van der Waals surface area contributed by atoms with Crippen molar-refractivity contribution in [3.63, 3.8) is 0 Å². The molecule has 1 aromatic carbocycles. The SMILES string of the molecule is Nc1c(F)cc(C2CCC(=O)CC2)cc1F. The highest BCUT2D eigenvalue weighted by Crippen LogP contribution is 2.33. The number of nitrogen functional groups attached to an aromatic ring is 1. The molecule has 0 unspecified atom stereocenters. The number of hydrogen-bond acceptors (Lipinski definition) is 2. The molecule has 4 heteroatoms. The van der Waals surface area contributed by atoms with Crippen LogP contribution in [-0.2, 0) is 4.79 Å². The summed E-state index contributed by atoms with van der Waals surface area (Å²) in [6, 6.07) is 2.55. The molecule has 1 saturated carbocycles. The number of anilines is 1. The molecule has 2 rings (SSSR count). The summed E-state index contributed by atoms with van der Waals surface area (Å²) in [6.45, 7) is 0. The van der Waals surface area contributed by atoms with Gasteiger partial charge in [-0.15, -0.1) is 0 Å². The summed E-state index contributed by atoms with van der Waals surface area (Å²) in [7, 11) is 0. The van der Waals surface area contributed by atoms with Gasteiger partial charge >= 0.3 is 0 Å². The molecular weight excluding hydrogens is 212 g/mol. The van der Waals surface area contributed by atoms with Gasteiger partial charge in [0.15, 0.2) is 0 Å². The van der Waals surface area contributed by atoms with E-state index in [2.05, 4.69) is 0 Å². The molecule has 0 bridgehead atoms. The zero-order valence-corrected chi connectivity index (χ0v) is 8.80. The van der Waals surface area contributed by atoms with Gasteiger partial charge in [0.2, 0.25) is 0 Å². The summed E-state index contributed by atoms with van der Waals surface area (Å²) >= 11 is 0. The van der Waals surface area contributed by atoms with E-state index in [-0.39, 0.29) is 11.7 Å². The van der Waals surface area contributed by atoms with Gasteiger partial charge in [-0.25, -0.2) is 8.78 Å². The van der Waals surface area contributed by atoms with Crippen molar-refractivity contribution in [1.29, 1.82) is 0 Å². The van der Waals surface area contributed by atoms with Crippen LogP contribution in [0, 0.1) is 11.6 Å². The number of benzene rings is 1. The number of carbonyl (C=O) groups excluding carboxylic acids is 1. The van der Waals surface area contributed by atoms with Gasteiger partial charge in [0.1, 0.15) is 23.1 Å². The Morgan fingerprint density at radius 1 is 1.12 bits per heavy atom. The fraction of sp³-hybridized carbons (Fsp3) is 0.417. The molecular formula is C12H13F2NO. The summed E-state index contributed by atoms with van der Waals surface area (Å²) in [5.74, 6) is -1.13. The first-order valence-corrected chi connectivity index (χ1v) is 5.34. The zero-order valence-electron chi connectivity index (χ0n) is 8.80. The first kappa shape index (κ1) is 11.0. The average Bonchev–Trinajstić information content (AvgIpc) is 2.26.